The highest BCUT2D eigenvalue weighted by Gasteiger charge is 2.27. The van der Waals surface area contributed by atoms with Gasteiger partial charge in [0.1, 0.15) is 0 Å². The van der Waals surface area contributed by atoms with Crippen LogP contribution in [0.2, 0.25) is 0 Å². The number of rotatable bonds is 7. The molecular weight excluding hydrogens is 284 g/mol. The fourth-order valence-electron chi connectivity index (χ4n) is 3.22. The number of benzene rings is 2. The predicted molar refractivity (Wildman–Crippen MR) is 93.9 cm³/mol. The Hall–Kier alpha value is -1.68. The molecule has 2 unspecified atom stereocenters. The summed E-state index contributed by atoms with van der Waals surface area (Å²) in [7, 11) is 0. The van der Waals surface area contributed by atoms with Crippen molar-refractivity contribution in [2.75, 3.05) is 19.7 Å². The van der Waals surface area contributed by atoms with E-state index in [1.807, 2.05) is 18.2 Å². The average Bonchev–Trinajstić information content (AvgIpc) is 3.05. The van der Waals surface area contributed by atoms with Crippen molar-refractivity contribution < 1.29 is 4.74 Å². The normalized spacial score (nSPS) is 19.8. The first-order valence-electron chi connectivity index (χ1n) is 8.45. The van der Waals surface area contributed by atoms with Crippen LogP contribution in [-0.4, -0.2) is 30.6 Å². The molecule has 2 aromatic rings. The van der Waals surface area contributed by atoms with Crippen LogP contribution in [0.5, 0.6) is 0 Å². The van der Waals surface area contributed by atoms with Crippen molar-refractivity contribution in [2.24, 2.45) is 11.7 Å². The van der Waals surface area contributed by atoms with Crippen LogP contribution in [0.25, 0.3) is 0 Å². The molecule has 0 aliphatic carbocycles. The van der Waals surface area contributed by atoms with E-state index in [1.165, 1.54) is 17.5 Å². The van der Waals surface area contributed by atoms with Crippen molar-refractivity contribution in [1.29, 1.82) is 0 Å². The first-order valence-corrected chi connectivity index (χ1v) is 8.45. The van der Waals surface area contributed by atoms with E-state index in [4.69, 9.17) is 10.5 Å². The van der Waals surface area contributed by atoms with E-state index in [0.29, 0.717) is 19.1 Å². The summed E-state index contributed by atoms with van der Waals surface area (Å²) in [5.41, 5.74) is 8.93. The van der Waals surface area contributed by atoms with Crippen LogP contribution in [0.15, 0.2) is 60.7 Å². The Morgan fingerprint density at radius 1 is 1.00 bits per heavy atom. The highest BCUT2D eigenvalue weighted by Crippen LogP contribution is 2.21. The fourth-order valence-corrected chi connectivity index (χ4v) is 3.22. The summed E-state index contributed by atoms with van der Waals surface area (Å²) in [6, 6.07) is 21.1. The highest BCUT2D eigenvalue weighted by molar-refractivity contribution is 5.15. The summed E-state index contributed by atoms with van der Waals surface area (Å²) in [5, 5.41) is 0. The number of nitrogens with zero attached hydrogens (tertiary/aromatic N) is 1. The van der Waals surface area contributed by atoms with Crippen molar-refractivity contribution in [3.05, 3.63) is 71.8 Å². The molecule has 0 amide bonds. The Morgan fingerprint density at radius 2 is 1.65 bits per heavy atom. The molecular formula is C20H26N2O. The summed E-state index contributed by atoms with van der Waals surface area (Å²) < 4.78 is 5.80. The van der Waals surface area contributed by atoms with Gasteiger partial charge in [-0.25, -0.2) is 0 Å². The van der Waals surface area contributed by atoms with Crippen LogP contribution >= 0.6 is 0 Å². The second-order valence-corrected chi connectivity index (χ2v) is 6.43. The second kappa shape index (κ2) is 8.25. The lowest BCUT2D eigenvalue weighted by Gasteiger charge is -2.20. The quantitative estimate of drug-likeness (QED) is 0.854. The largest absolute Gasteiger partial charge is 0.375 e. The minimum atomic E-state index is 0.125. The van der Waals surface area contributed by atoms with Gasteiger partial charge in [-0.1, -0.05) is 60.7 Å². The van der Waals surface area contributed by atoms with Crippen LogP contribution < -0.4 is 5.73 Å². The van der Waals surface area contributed by atoms with Crippen LogP contribution in [-0.2, 0) is 17.9 Å². The predicted octanol–water partition coefficient (Wildman–Crippen LogP) is 3.05. The molecule has 3 nitrogen and oxygen atoms in total. The third-order valence-electron chi connectivity index (χ3n) is 4.59. The lowest BCUT2D eigenvalue weighted by Crippen LogP contribution is -2.36. The first-order chi connectivity index (χ1) is 11.3. The molecule has 0 bridgehead atoms. The van der Waals surface area contributed by atoms with Gasteiger partial charge in [0.25, 0.3) is 0 Å². The number of likely N-dealkylation sites (tertiary alicyclic amines) is 1. The van der Waals surface area contributed by atoms with E-state index < -0.39 is 0 Å². The second-order valence-electron chi connectivity index (χ2n) is 6.43. The molecule has 0 radical (unpaired) electrons. The van der Waals surface area contributed by atoms with Gasteiger partial charge in [0.05, 0.1) is 13.2 Å². The molecule has 3 rings (SSSR count). The van der Waals surface area contributed by atoms with Crippen molar-refractivity contribution in [3.63, 3.8) is 0 Å². The van der Waals surface area contributed by atoms with Gasteiger partial charge in [-0.05, 0) is 30.0 Å². The summed E-state index contributed by atoms with van der Waals surface area (Å²) in [5.74, 6) is 0.537. The van der Waals surface area contributed by atoms with E-state index in [0.717, 1.165) is 19.6 Å². The third kappa shape index (κ3) is 4.90. The van der Waals surface area contributed by atoms with Crippen LogP contribution in [0.4, 0.5) is 0 Å². The lowest BCUT2D eigenvalue weighted by molar-refractivity contribution is 0.0935. The van der Waals surface area contributed by atoms with Gasteiger partial charge >= 0.3 is 0 Å². The smallest absolute Gasteiger partial charge is 0.0717 e. The Bertz CT molecular complexity index is 573. The molecule has 2 aromatic carbocycles. The molecule has 2 atom stereocenters. The Morgan fingerprint density at radius 3 is 2.35 bits per heavy atom. The third-order valence-corrected chi connectivity index (χ3v) is 4.59. The molecule has 0 spiro atoms. The average molecular weight is 310 g/mol. The van der Waals surface area contributed by atoms with Crippen LogP contribution in [0.3, 0.4) is 0 Å². The summed E-state index contributed by atoms with van der Waals surface area (Å²) in [6.45, 7) is 4.51. The van der Waals surface area contributed by atoms with Crippen LogP contribution in [0, 0.1) is 5.92 Å². The molecule has 3 heteroatoms. The molecule has 1 heterocycles. The maximum atomic E-state index is 6.35. The SMILES string of the molecule is NC(COCc1ccccc1)C1CCN(Cc2ccccc2)C1. The van der Waals surface area contributed by atoms with E-state index in [-0.39, 0.29) is 6.04 Å². The van der Waals surface area contributed by atoms with Gasteiger partial charge in [0.2, 0.25) is 0 Å². The zero-order chi connectivity index (χ0) is 15.9. The molecule has 1 saturated heterocycles. The van der Waals surface area contributed by atoms with Gasteiger partial charge in [-0.2, -0.15) is 0 Å². The molecule has 23 heavy (non-hydrogen) atoms. The zero-order valence-corrected chi connectivity index (χ0v) is 13.6. The number of ether oxygens (including phenoxy) is 1. The molecule has 2 N–H and O–H groups in total. The van der Waals surface area contributed by atoms with Gasteiger partial charge in [0, 0.05) is 19.1 Å². The molecule has 122 valence electrons. The Labute approximate surface area is 139 Å². The fraction of sp³-hybridized carbons (Fsp3) is 0.400. The van der Waals surface area contributed by atoms with E-state index in [2.05, 4.69) is 47.4 Å². The summed E-state index contributed by atoms with van der Waals surface area (Å²) in [6.07, 6.45) is 1.17. The summed E-state index contributed by atoms with van der Waals surface area (Å²) >= 11 is 0. The number of hydrogen-bond donors (Lipinski definition) is 1. The Kier molecular flexibility index (Phi) is 5.81. The van der Waals surface area contributed by atoms with Gasteiger partial charge < -0.3 is 10.5 Å². The number of hydrogen-bond acceptors (Lipinski definition) is 3. The van der Waals surface area contributed by atoms with Gasteiger partial charge in [0.15, 0.2) is 0 Å². The lowest BCUT2D eigenvalue weighted by atomic mass is 10.0. The minimum absolute atomic E-state index is 0.125. The number of nitrogens with two attached hydrogens (primary N) is 1. The highest BCUT2D eigenvalue weighted by atomic mass is 16.5. The van der Waals surface area contributed by atoms with Gasteiger partial charge in [-0.3, -0.25) is 4.90 Å². The maximum absolute atomic E-state index is 6.35. The first kappa shape index (κ1) is 16.2. The standard InChI is InChI=1S/C20H26N2O/c21-20(16-23-15-18-9-5-2-6-10-18)19-11-12-22(14-19)13-17-7-3-1-4-8-17/h1-10,19-20H,11-16,21H2. The molecule has 1 aliphatic heterocycles. The van der Waals surface area contributed by atoms with Crippen LogP contribution in [0.1, 0.15) is 17.5 Å². The Balaban J connectivity index is 1.40. The van der Waals surface area contributed by atoms with E-state index in [1.54, 1.807) is 0 Å². The molecule has 1 aliphatic rings. The molecule has 0 saturated carbocycles. The van der Waals surface area contributed by atoms with Crippen molar-refractivity contribution in [3.8, 4) is 0 Å². The summed E-state index contributed by atoms with van der Waals surface area (Å²) in [4.78, 5) is 2.50. The van der Waals surface area contributed by atoms with E-state index in [9.17, 15) is 0 Å². The maximum Gasteiger partial charge on any atom is 0.0717 e. The van der Waals surface area contributed by atoms with Gasteiger partial charge in [-0.15, -0.1) is 0 Å². The minimum Gasteiger partial charge on any atom is -0.375 e. The van der Waals surface area contributed by atoms with Crippen molar-refractivity contribution in [1.82, 2.24) is 4.90 Å². The zero-order valence-electron chi connectivity index (χ0n) is 13.6. The topological polar surface area (TPSA) is 38.5 Å². The monoisotopic (exact) mass is 310 g/mol. The van der Waals surface area contributed by atoms with Crippen molar-refractivity contribution in [2.45, 2.75) is 25.6 Å². The van der Waals surface area contributed by atoms with Crippen molar-refractivity contribution >= 4 is 0 Å². The molecule has 0 aromatic heterocycles. The van der Waals surface area contributed by atoms with E-state index >= 15 is 0 Å². The molecule has 1 fully saturated rings.